The summed E-state index contributed by atoms with van der Waals surface area (Å²) in [5.74, 6) is 0. The van der Waals surface area contributed by atoms with E-state index in [2.05, 4.69) is 52.5 Å². The molecular formula is C9H10BBrN2. The van der Waals surface area contributed by atoms with E-state index in [-0.39, 0.29) is 0 Å². The van der Waals surface area contributed by atoms with E-state index in [1.807, 2.05) is 6.20 Å². The van der Waals surface area contributed by atoms with Crippen LogP contribution in [-0.4, -0.2) is 17.4 Å². The predicted octanol–water partition coefficient (Wildman–Crippen LogP) is 1.08. The van der Waals surface area contributed by atoms with Gasteiger partial charge >= 0.3 is 0 Å². The van der Waals surface area contributed by atoms with Crippen LogP contribution in [0.15, 0.2) is 23.1 Å². The molecule has 0 amide bonds. The number of hydrogen-bond acceptors (Lipinski definition) is 1. The molecule has 0 unspecified atom stereocenters. The number of rotatable bonds is 1. The second-order valence-electron chi connectivity index (χ2n) is 3.12. The molecule has 2 aromatic heterocycles. The average Bonchev–Trinajstić information content (AvgIpc) is 2.42. The van der Waals surface area contributed by atoms with Crippen molar-refractivity contribution in [2.24, 2.45) is 0 Å². The zero-order valence-corrected chi connectivity index (χ0v) is 9.30. The van der Waals surface area contributed by atoms with Gasteiger partial charge < -0.3 is 4.57 Å². The zero-order valence-electron chi connectivity index (χ0n) is 7.71. The molecule has 0 aliphatic heterocycles. The molecule has 2 heterocycles. The third kappa shape index (κ3) is 1.39. The van der Waals surface area contributed by atoms with Gasteiger partial charge in [0, 0.05) is 18.1 Å². The summed E-state index contributed by atoms with van der Waals surface area (Å²) in [6.07, 6.45) is 4.08. The van der Waals surface area contributed by atoms with Crippen molar-refractivity contribution in [1.82, 2.24) is 9.55 Å². The smallest absolute Gasteiger partial charge is 0.142 e. The Labute approximate surface area is 86.5 Å². The Kier molecular flexibility index (Phi) is 2.16. The molecule has 0 aliphatic carbocycles. The number of fused-ring (bicyclic) bond motifs is 1. The first-order valence-corrected chi connectivity index (χ1v) is 5.12. The van der Waals surface area contributed by atoms with E-state index in [1.165, 1.54) is 16.4 Å². The van der Waals surface area contributed by atoms with Crippen LogP contribution in [-0.2, 0) is 6.54 Å². The molecule has 0 spiro atoms. The minimum absolute atomic E-state index is 0.896. The van der Waals surface area contributed by atoms with Crippen molar-refractivity contribution < 1.29 is 0 Å². The van der Waals surface area contributed by atoms with E-state index in [4.69, 9.17) is 0 Å². The lowest BCUT2D eigenvalue weighted by Gasteiger charge is -1.99. The first-order valence-electron chi connectivity index (χ1n) is 4.33. The van der Waals surface area contributed by atoms with Crippen LogP contribution in [0.2, 0.25) is 0 Å². The molecule has 0 atom stereocenters. The lowest BCUT2D eigenvalue weighted by molar-refractivity contribution is 0.798. The molecule has 0 saturated heterocycles. The molecule has 0 N–H and O–H groups in total. The highest BCUT2D eigenvalue weighted by Crippen LogP contribution is 2.16. The highest BCUT2D eigenvalue weighted by Gasteiger charge is 2.04. The number of halogens is 1. The first kappa shape index (κ1) is 8.82. The van der Waals surface area contributed by atoms with Gasteiger partial charge in [-0.05, 0) is 35.1 Å². The molecule has 2 rings (SSSR count). The van der Waals surface area contributed by atoms with E-state index >= 15 is 0 Å². The van der Waals surface area contributed by atoms with Crippen LogP contribution in [0, 0.1) is 0 Å². The first-order chi connectivity index (χ1) is 6.22. The monoisotopic (exact) mass is 236 g/mol. The largest absolute Gasteiger partial charge is 0.348 e. The molecule has 13 heavy (non-hydrogen) atoms. The Morgan fingerprint density at radius 1 is 1.62 bits per heavy atom. The van der Waals surface area contributed by atoms with Crippen LogP contribution >= 0.6 is 15.9 Å². The Hall–Kier alpha value is -0.765. The van der Waals surface area contributed by atoms with Gasteiger partial charge in [0.1, 0.15) is 12.4 Å². The van der Waals surface area contributed by atoms with Gasteiger partial charge in [-0.1, -0.05) is 5.46 Å². The summed E-state index contributed by atoms with van der Waals surface area (Å²) in [4.78, 5) is 4.22. The lowest BCUT2D eigenvalue weighted by Crippen LogP contribution is -1.98. The molecule has 2 nitrogen and oxygen atoms in total. The van der Waals surface area contributed by atoms with Gasteiger partial charge in [0.15, 0.2) is 0 Å². The fraction of sp³-hybridized carbons (Fsp3) is 0.222. The number of hydrogen-bond donors (Lipinski definition) is 0. The van der Waals surface area contributed by atoms with Crippen LogP contribution in [0.5, 0.6) is 0 Å². The summed E-state index contributed by atoms with van der Waals surface area (Å²) in [5.41, 5.74) is 2.54. The minimum Gasteiger partial charge on any atom is -0.348 e. The molecule has 2 aromatic rings. The Balaban J connectivity index is 2.81. The summed E-state index contributed by atoms with van der Waals surface area (Å²) in [7, 11) is 2.12. The number of nitrogens with zero attached hydrogens (tertiary/aromatic N) is 2. The van der Waals surface area contributed by atoms with Gasteiger partial charge in [-0.2, -0.15) is 0 Å². The highest BCUT2D eigenvalue weighted by molar-refractivity contribution is 9.10. The van der Waals surface area contributed by atoms with Crippen molar-refractivity contribution in [2.45, 2.75) is 13.5 Å². The summed E-state index contributed by atoms with van der Waals surface area (Å²) < 4.78 is 3.13. The van der Waals surface area contributed by atoms with Gasteiger partial charge in [0.05, 0.1) is 5.52 Å². The quantitative estimate of drug-likeness (QED) is 0.535. The summed E-state index contributed by atoms with van der Waals surface area (Å²) >= 11 is 3.38. The second kappa shape index (κ2) is 3.18. The van der Waals surface area contributed by atoms with Crippen LogP contribution in [0.1, 0.15) is 6.92 Å². The summed E-state index contributed by atoms with van der Waals surface area (Å²) in [6.45, 7) is 3.15. The fourth-order valence-electron chi connectivity index (χ4n) is 1.60. The molecule has 0 saturated carbocycles. The zero-order chi connectivity index (χ0) is 9.42. The van der Waals surface area contributed by atoms with Gasteiger partial charge in [-0.3, -0.25) is 0 Å². The SMILES string of the molecule is Bc1cn(CC)c2cc(Br)ncc12. The van der Waals surface area contributed by atoms with Crippen molar-refractivity contribution in [3.05, 3.63) is 23.1 Å². The number of aryl methyl sites for hydroxylation is 1. The Morgan fingerprint density at radius 3 is 3.08 bits per heavy atom. The second-order valence-corrected chi connectivity index (χ2v) is 3.93. The van der Waals surface area contributed by atoms with Crippen LogP contribution < -0.4 is 5.46 Å². The molecule has 0 radical (unpaired) electrons. The normalized spacial score (nSPS) is 10.9. The standard InChI is InChI=1S/C9H10BBrN2/c1-2-13-5-7(10)6-4-12-9(11)3-8(6)13/h3-5H,2,10H2,1H3. The van der Waals surface area contributed by atoms with E-state index < -0.39 is 0 Å². The highest BCUT2D eigenvalue weighted by atomic mass is 79.9. The molecule has 0 aliphatic rings. The van der Waals surface area contributed by atoms with Gasteiger partial charge in [-0.25, -0.2) is 4.98 Å². The maximum absolute atomic E-state index is 4.22. The third-order valence-corrected chi connectivity index (χ3v) is 2.71. The Bertz CT molecular complexity index is 450. The predicted molar refractivity (Wildman–Crippen MR) is 61.3 cm³/mol. The molecular weight excluding hydrogens is 227 g/mol. The third-order valence-electron chi connectivity index (χ3n) is 2.27. The fourth-order valence-corrected chi connectivity index (χ4v) is 1.92. The van der Waals surface area contributed by atoms with E-state index in [1.54, 1.807) is 0 Å². The number of pyridine rings is 1. The molecule has 4 heteroatoms. The minimum atomic E-state index is 0.896. The van der Waals surface area contributed by atoms with E-state index in [0.717, 1.165) is 11.1 Å². The molecule has 66 valence electrons. The van der Waals surface area contributed by atoms with Crippen LogP contribution in [0.4, 0.5) is 0 Å². The van der Waals surface area contributed by atoms with Crippen molar-refractivity contribution >= 4 is 40.1 Å². The number of aromatic nitrogens is 2. The molecule has 0 bridgehead atoms. The van der Waals surface area contributed by atoms with Gasteiger partial charge in [0.2, 0.25) is 0 Å². The lowest BCUT2D eigenvalue weighted by atomic mass is 9.97. The summed E-state index contributed by atoms with van der Waals surface area (Å²) in [5, 5.41) is 1.24. The van der Waals surface area contributed by atoms with Crippen LogP contribution in [0.25, 0.3) is 10.9 Å². The maximum Gasteiger partial charge on any atom is 0.142 e. The van der Waals surface area contributed by atoms with Crippen molar-refractivity contribution in [3.8, 4) is 0 Å². The maximum atomic E-state index is 4.22. The average molecular weight is 237 g/mol. The topological polar surface area (TPSA) is 17.8 Å². The van der Waals surface area contributed by atoms with Crippen molar-refractivity contribution in [2.75, 3.05) is 0 Å². The van der Waals surface area contributed by atoms with Crippen LogP contribution in [0.3, 0.4) is 0 Å². The van der Waals surface area contributed by atoms with Gasteiger partial charge in [-0.15, -0.1) is 0 Å². The Morgan fingerprint density at radius 2 is 2.38 bits per heavy atom. The molecule has 0 fully saturated rings. The van der Waals surface area contributed by atoms with Gasteiger partial charge in [0.25, 0.3) is 0 Å². The summed E-state index contributed by atoms with van der Waals surface area (Å²) in [6, 6.07) is 2.06. The van der Waals surface area contributed by atoms with E-state index in [9.17, 15) is 0 Å². The van der Waals surface area contributed by atoms with E-state index in [0.29, 0.717) is 0 Å². The van der Waals surface area contributed by atoms with Crippen molar-refractivity contribution in [3.63, 3.8) is 0 Å². The molecule has 0 aromatic carbocycles. The van der Waals surface area contributed by atoms with Crippen molar-refractivity contribution in [1.29, 1.82) is 0 Å².